The zero-order valence-corrected chi connectivity index (χ0v) is 20.1. The van der Waals surface area contributed by atoms with Crippen LogP contribution in [-0.2, 0) is 17.6 Å². The molecule has 0 radical (unpaired) electrons. The van der Waals surface area contributed by atoms with Crippen molar-refractivity contribution in [2.24, 2.45) is 16.0 Å². The maximum absolute atomic E-state index is 13.0. The van der Waals surface area contributed by atoms with Gasteiger partial charge in [-0.05, 0) is 49.9 Å². The van der Waals surface area contributed by atoms with Gasteiger partial charge in [0.25, 0.3) is 5.91 Å². The molecule has 0 saturated heterocycles. The van der Waals surface area contributed by atoms with Gasteiger partial charge in [-0.3, -0.25) is 9.79 Å². The summed E-state index contributed by atoms with van der Waals surface area (Å²) in [5, 5.41) is 20.1. The molecule has 0 bridgehead atoms. The van der Waals surface area contributed by atoms with Crippen molar-refractivity contribution in [1.82, 2.24) is 10.3 Å². The largest absolute Gasteiger partial charge is 0.493 e. The standard InChI is InChI=1S/C26H32N4O4/c1-16-24-26(32)28-23(15-19-11-13-21(33-3)22(14-19)34-4)29-30(24)25(27-16)20(17(2)31)12-10-18-8-6-5-7-9-18/h5-9,11,13-14,16-17,20,24,31H,10,12,15H2,1-4H3,(H,28,29,32). The second kappa shape index (κ2) is 10.3. The third-order valence-corrected chi connectivity index (χ3v) is 6.38. The Hall–Kier alpha value is -3.39. The first-order valence-corrected chi connectivity index (χ1v) is 11.6. The quantitative estimate of drug-likeness (QED) is 0.595. The molecular formula is C26H32N4O4. The number of nitrogens with zero attached hydrogens (tertiary/aromatic N) is 3. The molecule has 2 aliphatic rings. The van der Waals surface area contributed by atoms with Crippen LogP contribution in [0.5, 0.6) is 11.5 Å². The number of amides is 1. The van der Waals surface area contributed by atoms with E-state index in [-0.39, 0.29) is 17.9 Å². The summed E-state index contributed by atoms with van der Waals surface area (Å²) in [4.78, 5) is 17.8. The lowest BCUT2D eigenvalue weighted by atomic mass is 9.93. The second-order valence-corrected chi connectivity index (χ2v) is 8.79. The first-order chi connectivity index (χ1) is 16.4. The summed E-state index contributed by atoms with van der Waals surface area (Å²) in [6.07, 6.45) is 1.30. The van der Waals surface area contributed by atoms with Gasteiger partial charge in [0.15, 0.2) is 17.5 Å². The molecule has 2 heterocycles. The fourth-order valence-electron chi connectivity index (χ4n) is 4.58. The fraction of sp³-hybridized carbons (Fsp3) is 0.423. The third-order valence-electron chi connectivity index (χ3n) is 6.38. The molecule has 4 rings (SSSR count). The number of amidine groups is 2. The van der Waals surface area contributed by atoms with Crippen molar-refractivity contribution >= 4 is 17.6 Å². The lowest BCUT2D eigenvalue weighted by Gasteiger charge is -2.33. The maximum Gasteiger partial charge on any atom is 0.252 e. The Labute approximate surface area is 200 Å². The minimum absolute atomic E-state index is 0.135. The van der Waals surface area contributed by atoms with Crippen LogP contribution in [0.4, 0.5) is 0 Å². The summed E-state index contributed by atoms with van der Waals surface area (Å²) in [5.74, 6) is 2.09. The van der Waals surface area contributed by atoms with Crippen LogP contribution in [-0.4, -0.2) is 60.1 Å². The molecular weight excluding hydrogens is 432 g/mol. The molecule has 2 N–H and O–H groups in total. The number of nitrogens with one attached hydrogen (secondary N) is 1. The van der Waals surface area contributed by atoms with E-state index in [1.807, 2.05) is 43.3 Å². The molecule has 1 amide bonds. The van der Waals surface area contributed by atoms with Crippen molar-refractivity contribution in [3.63, 3.8) is 0 Å². The van der Waals surface area contributed by atoms with Crippen molar-refractivity contribution in [2.45, 2.75) is 51.3 Å². The summed E-state index contributed by atoms with van der Waals surface area (Å²) in [5.41, 5.74) is 2.13. The number of aliphatic imine (C=N–C) groups is 1. The number of hydrogen-bond acceptors (Lipinski definition) is 7. The summed E-state index contributed by atoms with van der Waals surface area (Å²) in [7, 11) is 3.18. The predicted molar refractivity (Wildman–Crippen MR) is 131 cm³/mol. The Bertz CT molecular complexity index is 1080. The zero-order chi connectivity index (χ0) is 24.2. The lowest BCUT2D eigenvalue weighted by molar-refractivity contribution is -0.124. The molecule has 8 heteroatoms. The van der Waals surface area contributed by atoms with Crippen molar-refractivity contribution in [3.05, 3.63) is 59.7 Å². The first-order valence-electron chi connectivity index (χ1n) is 11.6. The minimum Gasteiger partial charge on any atom is -0.493 e. The van der Waals surface area contributed by atoms with Gasteiger partial charge in [0.1, 0.15) is 11.7 Å². The zero-order valence-electron chi connectivity index (χ0n) is 20.1. The number of ether oxygens (including phenoxy) is 2. The van der Waals surface area contributed by atoms with Gasteiger partial charge in [0.05, 0.1) is 26.4 Å². The van der Waals surface area contributed by atoms with Crippen LogP contribution >= 0.6 is 0 Å². The van der Waals surface area contributed by atoms with E-state index in [1.165, 1.54) is 5.56 Å². The van der Waals surface area contributed by atoms with Crippen LogP contribution in [0.2, 0.25) is 0 Å². The van der Waals surface area contributed by atoms with Crippen molar-refractivity contribution in [1.29, 1.82) is 0 Å². The second-order valence-electron chi connectivity index (χ2n) is 8.79. The Morgan fingerprint density at radius 1 is 1.09 bits per heavy atom. The van der Waals surface area contributed by atoms with Gasteiger partial charge in [-0.15, -0.1) is 0 Å². The molecule has 0 aliphatic carbocycles. The molecule has 8 nitrogen and oxygen atoms in total. The van der Waals surface area contributed by atoms with Gasteiger partial charge in [-0.2, -0.15) is 5.10 Å². The minimum atomic E-state index is -0.622. The Morgan fingerprint density at radius 2 is 1.82 bits per heavy atom. The van der Waals surface area contributed by atoms with Crippen LogP contribution in [0.25, 0.3) is 0 Å². The number of benzene rings is 2. The number of methoxy groups -OCH3 is 2. The highest BCUT2D eigenvalue weighted by Gasteiger charge is 2.45. The predicted octanol–water partition coefficient (Wildman–Crippen LogP) is 2.79. The number of carbonyl (C=O) groups is 1. The average molecular weight is 465 g/mol. The molecule has 2 aromatic carbocycles. The van der Waals surface area contributed by atoms with Crippen molar-refractivity contribution in [3.8, 4) is 11.5 Å². The number of carbonyl (C=O) groups excluding carboxylic acids is 1. The number of aliphatic hydroxyl groups excluding tert-OH is 1. The molecule has 0 aromatic heterocycles. The molecule has 0 fully saturated rings. The highest BCUT2D eigenvalue weighted by Crippen LogP contribution is 2.30. The van der Waals surface area contributed by atoms with Gasteiger partial charge < -0.3 is 19.9 Å². The molecule has 2 aliphatic heterocycles. The SMILES string of the molecule is COc1ccc(CC2=NN3C(C(CCc4ccccc4)C(C)O)=NC(C)C3C(=O)N2)cc1OC. The Balaban J connectivity index is 1.57. The smallest absolute Gasteiger partial charge is 0.252 e. The van der Waals surface area contributed by atoms with Gasteiger partial charge in [-0.25, -0.2) is 5.01 Å². The van der Waals surface area contributed by atoms with E-state index in [4.69, 9.17) is 19.6 Å². The van der Waals surface area contributed by atoms with Crippen molar-refractivity contribution in [2.75, 3.05) is 14.2 Å². The Kier molecular flexibility index (Phi) is 7.17. The number of rotatable bonds is 9. The molecule has 0 saturated carbocycles. The number of fused-ring (bicyclic) bond motifs is 1. The molecule has 34 heavy (non-hydrogen) atoms. The number of hydrogen-bond donors (Lipinski definition) is 2. The number of hydrazone groups is 1. The van der Waals surface area contributed by atoms with Crippen LogP contribution < -0.4 is 14.8 Å². The fourth-order valence-corrected chi connectivity index (χ4v) is 4.58. The molecule has 180 valence electrons. The molecule has 2 aromatic rings. The summed E-state index contributed by atoms with van der Waals surface area (Å²) < 4.78 is 10.7. The highest BCUT2D eigenvalue weighted by molar-refractivity contribution is 6.07. The number of aliphatic hydroxyl groups is 1. The molecule has 4 atom stereocenters. The topological polar surface area (TPSA) is 95.8 Å². The van der Waals surface area contributed by atoms with Crippen LogP contribution in [0.1, 0.15) is 31.4 Å². The van der Waals surface area contributed by atoms with Gasteiger partial charge in [0.2, 0.25) is 0 Å². The third kappa shape index (κ3) is 4.92. The van der Waals surface area contributed by atoms with E-state index in [0.717, 1.165) is 12.0 Å². The van der Waals surface area contributed by atoms with E-state index < -0.39 is 12.1 Å². The van der Waals surface area contributed by atoms with E-state index in [2.05, 4.69) is 17.4 Å². The normalized spacial score (nSPS) is 21.2. The maximum atomic E-state index is 13.0. The van der Waals surface area contributed by atoms with E-state index in [9.17, 15) is 9.90 Å². The van der Waals surface area contributed by atoms with Gasteiger partial charge in [-0.1, -0.05) is 36.4 Å². The molecule has 4 unspecified atom stereocenters. The molecule has 0 spiro atoms. The summed E-state index contributed by atoms with van der Waals surface area (Å²) in [6, 6.07) is 15.0. The van der Waals surface area contributed by atoms with Gasteiger partial charge in [0, 0.05) is 12.3 Å². The van der Waals surface area contributed by atoms with Crippen LogP contribution in [0.15, 0.2) is 58.6 Å². The first kappa shape index (κ1) is 23.8. The summed E-state index contributed by atoms with van der Waals surface area (Å²) in [6.45, 7) is 3.68. The average Bonchev–Trinajstić information content (AvgIpc) is 3.15. The number of aryl methyl sites for hydroxylation is 1. The highest BCUT2D eigenvalue weighted by atomic mass is 16.5. The van der Waals surface area contributed by atoms with Crippen LogP contribution in [0, 0.1) is 5.92 Å². The Morgan fingerprint density at radius 3 is 2.50 bits per heavy atom. The summed E-state index contributed by atoms with van der Waals surface area (Å²) >= 11 is 0. The van der Waals surface area contributed by atoms with E-state index >= 15 is 0 Å². The monoisotopic (exact) mass is 464 g/mol. The van der Waals surface area contributed by atoms with E-state index in [0.29, 0.717) is 36.0 Å². The lowest BCUT2D eigenvalue weighted by Crippen LogP contribution is -2.56. The van der Waals surface area contributed by atoms with Crippen molar-refractivity contribution < 1.29 is 19.4 Å². The van der Waals surface area contributed by atoms with Gasteiger partial charge >= 0.3 is 0 Å². The van der Waals surface area contributed by atoms with E-state index in [1.54, 1.807) is 26.2 Å². The van der Waals surface area contributed by atoms with Crippen LogP contribution in [0.3, 0.4) is 0 Å².